The first-order valence-electron chi connectivity index (χ1n) is 3.19. The van der Waals surface area contributed by atoms with E-state index in [9.17, 15) is 0 Å². The van der Waals surface area contributed by atoms with Crippen LogP contribution in [-0.2, 0) is 9.47 Å². The minimum absolute atomic E-state index is 0.518. The minimum Gasteiger partial charge on any atom is -0.496 e. The fourth-order valence-electron chi connectivity index (χ4n) is 0.462. The molecule has 0 aliphatic rings. The molecule has 0 aromatic rings. The monoisotopic (exact) mass is 130 g/mol. The van der Waals surface area contributed by atoms with E-state index in [0.717, 1.165) is 0 Å². The first-order chi connectivity index (χ1) is 4.31. The Morgan fingerprint density at radius 1 is 1.33 bits per heavy atom. The lowest BCUT2D eigenvalue weighted by molar-refractivity contribution is 0.111. The second kappa shape index (κ2) is 5.63. The van der Waals surface area contributed by atoms with E-state index in [1.54, 1.807) is 0 Å². The van der Waals surface area contributed by atoms with Crippen molar-refractivity contribution in [2.75, 3.05) is 19.8 Å². The van der Waals surface area contributed by atoms with Crippen molar-refractivity contribution < 1.29 is 9.47 Å². The largest absolute Gasteiger partial charge is 0.496 e. The average Bonchev–Trinajstić information content (AvgIpc) is 1.85. The Balaban J connectivity index is 3.06. The zero-order valence-corrected chi connectivity index (χ0v) is 6.14. The van der Waals surface area contributed by atoms with Crippen LogP contribution in [0.4, 0.5) is 0 Å². The van der Waals surface area contributed by atoms with Gasteiger partial charge in [-0.3, -0.25) is 0 Å². The number of hydrogen-bond acceptors (Lipinski definition) is 2. The molecule has 0 aliphatic heterocycles. The molecule has 0 aliphatic carbocycles. The van der Waals surface area contributed by atoms with Crippen molar-refractivity contribution in [3.63, 3.8) is 0 Å². The minimum atomic E-state index is 0.518. The van der Waals surface area contributed by atoms with Gasteiger partial charge in [-0.05, 0) is 13.8 Å². The molecule has 0 bridgehead atoms. The molecular weight excluding hydrogens is 116 g/mol. The van der Waals surface area contributed by atoms with Gasteiger partial charge < -0.3 is 9.47 Å². The van der Waals surface area contributed by atoms with E-state index in [1.165, 1.54) is 0 Å². The van der Waals surface area contributed by atoms with Crippen LogP contribution in [0.1, 0.15) is 13.8 Å². The molecule has 0 saturated heterocycles. The lowest BCUT2D eigenvalue weighted by Gasteiger charge is -2.04. The van der Waals surface area contributed by atoms with Crippen LogP contribution < -0.4 is 0 Å². The fraction of sp³-hybridized carbons (Fsp3) is 0.714. The van der Waals surface area contributed by atoms with Crippen molar-refractivity contribution in [1.29, 1.82) is 0 Å². The maximum atomic E-state index is 5.02. The van der Waals surface area contributed by atoms with Gasteiger partial charge in [0.15, 0.2) is 0 Å². The van der Waals surface area contributed by atoms with Gasteiger partial charge in [-0.2, -0.15) is 0 Å². The van der Waals surface area contributed by atoms with Crippen LogP contribution in [0.3, 0.4) is 0 Å². The van der Waals surface area contributed by atoms with Gasteiger partial charge in [0.1, 0.15) is 12.4 Å². The van der Waals surface area contributed by atoms with Gasteiger partial charge in [-0.15, -0.1) is 0 Å². The van der Waals surface area contributed by atoms with E-state index in [1.807, 2.05) is 13.8 Å². The molecule has 0 aromatic carbocycles. The first kappa shape index (κ1) is 8.50. The van der Waals surface area contributed by atoms with Crippen molar-refractivity contribution >= 4 is 0 Å². The Kier molecular flexibility index (Phi) is 5.32. The van der Waals surface area contributed by atoms with Gasteiger partial charge in [0, 0.05) is 6.61 Å². The van der Waals surface area contributed by atoms with E-state index < -0.39 is 0 Å². The lowest BCUT2D eigenvalue weighted by atomic mass is 10.6. The smallest absolute Gasteiger partial charge is 0.114 e. The van der Waals surface area contributed by atoms with Gasteiger partial charge >= 0.3 is 0 Å². The van der Waals surface area contributed by atoms with E-state index in [-0.39, 0.29) is 0 Å². The summed E-state index contributed by atoms with van der Waals surface area (Å²) in [6.07, 6.45) is 0. The molecule has 0 aromatic heterocycles. The predicted molar refractivity (Wildman–Crippen MR) is 37.3 cm³/mol. The summed E-state index contributed by atoms with van der Waals surface area (Å²) in [5.74, 6) is 0.708. The molecule has 0 N–H and O–H groups in total. The third kappa shape index (κ3) is 5.37. The highest BCUT2D eigenvalue weighted by atomic mass is 16.5. The summed E-state index contributed by atoms with van der Waals surface area (Å²) in [5.41, 5.74) is 0. The Hall–Kier alpha value is -0.500. The highest BCUT2D eigenvalue weighted by Crippen LogP contribution is 1.92. The number of ether oxygens (including phenoxy) is 2. The van der Waals surface area contributed by atoms with E-state index in [2.05, 4.69) is 6.58 Å². The van der Waals surface area contributed by atoms with E-state index in [4.69, 9.17) is 9.47 Å². The van der Waals surface area contributed by atoms with Crippen molar-refractivity contribution in [3.05, 3.63) is 12.3 Å². The lowest BCUT2D eigenvalue weighted by Crippen LogP contribution is -1.99. The molecule has 0 rings (SSSR count). The molecule has 0 heterocycles. The van der Waals surface area contributed by atoms with E-state index >= 15 is 0 Å². The molecule has 9 heavy (non-hydrogen) atoms. The van der Waals surface area contributed by atoms with Crippen LogP contribution in [0.2, 0.25) is 0 Å². The molecule has 0 saturated carbocycles. The van der Waals surface area contributed by atoms with Crippen LogP contribution in [0.15, 0.2) is 12.3 Å². The molecule has 2 nitrogen and oxygen atoms in total. The molecule has 2 heteroatoms. The standard InChI is InChI=1S/C7H14O2/c1-4-8-6-7(3)9-5-2/h3-6H2,1-2H3. The summed E-state index contributed by atoms with van der Waals surface area (Å²) in [7, 11) is 0. The molecule has 0 fully saturated rings. The van der Waals surface area contributed by atoms with Crippen molar-refractivity contribution in [1.82, 2.24) is 0 Å². The van der Waals surface area contributed by atoms with Crippen molar-refractivity contribution in [3.8, 4) is 0 Å². The van der Waals surface area contributed by atoms with Crippen LogP contribution in [0, 0.1) is 0 Å². The third-order valence-electron chi connectivity index (χ3n) is 0.816. The number of rotatable bonds is 5. The quantitative estimate of drug-likeness (QED) is 0.526. The second-order valence-corrected chi connectivity index (χ2v) is 1.61. The molecule has 0 spiro atoms. The molecule has 0 atom stereocenters. The number of hydrogen-bond donors (Lipinski definition) is 0. The Bertz CT molecular complexity index is 79.0. The Morgan fingerprint density at radius 3 is 2.44 bits per heavy atom. The summed E-state index contributed by atoms with van der Waals surface area (Å²) in [6.45, 7) is 9.41. The maximum Gasteiger partial charge on any atom is 0.114 e. The second-order valence-electron chi connectivity index (χ2n) is 1.61. The molecule has 0 amide bonds. The Morgan fingerprint density at radius 2 is 2.00 bits per heavy atom. The van der Waals surface area contributed by atoms with Crippen molar-refractivity contribution in [2.45, 2.75) is 13.8 Å². The van der Waals surface area contributed by atoms with Gasteiger partial charge in [0.25, 0.3) is 0 Å². The van der Waals surface area contributed by atoms with Crippen LogP contribution in [-0.4, -0.2) is 19.8 Å². The van der Waals surface area contributed by atoms with Crippen LogP contribution in [0.5, 0.6) is 0 Å². The van der Waals surface area contributed by atoms with Gasteiger partial charge in [-0.25, -0.2) is 0 Å². The first-order valence-corrected chi connectivity index (χ1v) is 3.19. The SMILES string of the molecule is C=C(COCC)OCC. The van der Waals surface area contributed by atoms with Crippen LogP contribution >= 0.6 is 0 Å². The third-order valence-corrected chi connectivity index (χ3v) is 0.816. The van der Waals surface area contributed by atoms with E-state index in [0.29, 0.717) is 25.6 Å². The fourth-order valence-corrected chi connectivity index (χ4v) is 0.462. The summed E-state index contributed by atoms with van der Waals surface area (Å²) in [6, 6.07) is 0. The normalized spacial score (nSPS) is 9.11. The molecule has 54 valence electrons. The van der Waals surface area contributed by atoms with Gasteiger partial charge in [0.05, 0.1) is 6.61 Å². The zero-order valence-electron chi connectivity index (χ0n) is 6.14. The molecular formula is C7H14O2. The van der Waals surface area contributed by atoms with Gasteiger partial charge in [0.2, 0.25) is 0 Å². The zero-order chi connectivity index (χ0) is 7.11. The summed E-state index contributed by atoms with van der Waals surface area (Å²) < 4.78 is 10.0. The summed E-state index contributed by atoms with van der Waals surface area (Å²) in [4.78, 5) is 0. The van der Waals surface area contributed by atoms with Crippen molar-refractivity contribution in [2.24, 2.45) is 0 Å². The van der Waals surface area contributed by atoms with Crippen LogP contribution in [0.25, 0.3) is 0 Å². The average molecular weight is 130 g/mol. The summed E-state index contributed by atoms with van der Waals surface area (Å²) >= 11 is 0. The topological polar surface area (TPSA) is 18.5 Å². The highest BCUT2D eigenvalue weighted by molar-refractivity contribution is 4.80. The Labute approximate surface area is 56.5 Å². The highest BCUT2D eigenvalue weighted by Gasteiger charge is 1.89. The maximum absolute atomic E-state index is 5.02. The molecule has 0 radical (unpaired) electrons. The van der Waals surface area contributed by atoms with Gasteiger partial charge in [-0.1, -0.05) is 6.58 Å². The molecule has 0 unspecified atom stereocenters. The summed E-state index contributed by atoms with van der Waals surface area (Å²) in [5, 5.41) is 0. The predicted octanol–water partition coefficient (Wildman–Crippen LogP) is 1.57.